The summed E-state index contributed by atoms with van der Waals surface area (Å²) in [4.78, 5) is 39.3. The Morgan fingerprint density at radius 1 is 1.06 bits per heavy atom. The molecule has 0 saturated carbocycles. The topological polar surface area (TPSA) is 85.1 Å². The van der Waals surface area contributed by atoms with E-state index in [4.69, 9.17) is 11.6 Å². The summed E-state index contributed by atoms with van der Waals surface area (Å²) < 4.78 is 2.44. The van der Waals surface area contributed by atoms with Gasteiger partial charge in [-0.25, -0.2) is 4.79 Å². The summed E-state index contributed by atoms with van der Waals surface area (Å²) >= 11 is 6.27. The zero-order chi connectivity index (χ0) is 23.9. The molecule has 8 heteroatoms. The second-order valence-electron chi connectivity index (χ2n) is 8.29. The molecule has 2 N–H and O–H groups in total. The summed E-state index contributed by atoms with van der Waals surface area (Å²) in [6.45, 7) is 4.12. The van der Waals surface area contributed by atoms with Crippen LogP contribution in [0.3, 0.4) is 0 Å². The minimum atomic E-state index is -0.691. The van der Waals surface area contributed by atoms with Crippen LogP contribution in [-0.2, 0) is 25.4 Å². The largest absolute Gasteiger partial charge is 0.348 e. The van der Waals surface area contributed by atoms with Gasteiger partial charge in [0.15, 0.2) is 0 Å². The van der Waals surface area contributed by atoms with Crippen LogP contribution in [-0.4, -0.2) is 15.0 Å². The van der Waals surface area contributed by atoms with Crippen molar-refractivity contribution in [3.63, 3.8) is 0 Å². The van der Waals surface area contributed by atoms with Crippen LogP contribution < -0.4 is 21.9 Å². The number of nitrogens with one attached hydrogen (secondary N) is 2. The first kappa shape index (κ1) is 22.6. The van der Waals surface area contributed by atoms with Gasteiger partial charge in [0.25, 0.3) is 5.56 Å². The highest BCUT2D eigenvalue weighted by molar-refractivity contribution is 6.30. The molecular weight excluding hydrogens is 440 g/mol. The van der Waals surface area contributed by atoms with Gasteiger partial charge in [-0.1, -0.05) is 53.6 Å². The van der Waals surface area contributed by atoms with Crippen LogP contribution >= 0.6 is 11.6 Å². The van der Waals surface area contributed by atoms with E-state index < -0.39 is 17.2 Å². The van der Waals surface area contributed by atoms with Gasteiger partial charge in [-0.15, -0.1) is 0 Å². The molecule has 1 unspecified atom stereocenters. The lowest BCUT2D eigenvalue weighted by atomic mass is 9.81. The van der Waals surface area contributed by atoms with Gasteiger partial charge in [0, 0.05) is 36.9 Å². The standard InChI is InChI=1S/C25H25ClN4O3/c1-14-8-10-16(11-9-14)13-27-23(31)19-15(2)28-22-21(24(32)30(4)25(33)29(22)3)20(19)17-6-5-7-18(26)12-17/h5-12,20,28H,13H2,1-4H3,(H,27,31). The zero-order valence-electron chi connectivity index (χ0n) is 18.9. The van der Waals surface area contributed by atoms with Crippen LogP contribution in [0.5, 0.6) is 0 Å². The molecule has 1 atom stereocenters. The Morgan fingerprint density at radius 2 is 1.76 bits per heavy atom. The molecule has 1 amide bonds. The van der Waals surface area contributed by atoms with Crippen molar-refractivity contribution in [2.45, 2.75) is 26.3 Å². The van der Waals surface area contributed by atoms with E-state index in [0.29, 0.717) is 39.8 Å². The smallest absolute Gasteiger partial charge is 0.332 e. The number of amides is 1. The van der Waals surface area contributed by atoms with Gasteiger partial charge in [0.1, 0.15) is 5.82 Å². The fraction of sp³-hybridized carbons (Fsp3) is 0.240. The van der Waals surface area contributed by atoms with Crippen molar-refractivity contribution >= 4 is 23.3 Å². The lowest BCUT2D eigenvalue weighted by molar-refractivity contribution is -0.117. The number of rotatable bonds is 4. The van der Waals surface area contributed by atoms with Crippen molar-refractivity contribution in [3.8, 4) is 0 Å². The summed E-state index contributed by atoms with van der Waals surface area (Å²) in [6, 6.07) is 15.0. The third-order valence-electron chi connectivity index (χ3n) is 5.99. The highest BCUT2D eigenvalue weighted by Gasteiger charge is 2.36. The molecule has 2 aromatic carbocycles. The minimum Gasteiger partial charge on any atom is -0.348 e. The molecule has 0 bridgehead atoms. The van der Waals surface area contributed by atoms with E-state index in [1.165, 1.54) is 11.6 Å². The van der Waals surface area contributed by atoms with Gasteiger partial charge in [-0.3, -0.25) is 18.7 Å². The second-order valence-corrected chi connectivity index (χ2v) is 8.72. The number of benzene rings is 2. The van der Waals surface area contributed by atoms with Gasteiger partial charge in [0.2, 0.25) is 5.91 Å². The first-order valence-electron chi connectivity index (χ1n) is 10.6. The zero-order valence-corrected chi connectivity index (χ0v) is 19.7. The number of anilines is 1. The van der Waals surface area contributed by atoms with E-state index in [1.54, 1.807) is 32.2 Å². The first-order chi connectivity index (χ1) is 15.7. The Bertz CT molecular complexity index is 1400. The molecule has 3 aromatic rings. The molecule has 0 aliphatic carbocycles. The Kier molecular flexibility index (Phi) is 5.99. The SMILES string of the molecule is CC1=C(C(=O)NCc2ccc(C)cc2)C(c2cccc(Cl)c2)c2c(n(C)c(=O)n(C)c2=O)N1. The summed E-state index contributed by atoms with van der Waals surface area (Å²) in [5.74, 6) is -0.615. The van der Waals surface area contributed by atoms with E-state index in [2.05, 4.69) is 10.6 Å². The lowest BCUT2D eigenvalue weighted by Crippen LogP contribution is -2.44. The van der Waals surface area contributed by atoms with Crippen LogP contribution in [0.1, 0.15) is 35.1 Å². The summed E-state index contributed by atoms with van der Waals surface area (Å²) in [5, 5.41) is 6.59. The highest BCUT2D eigenvalue weighted by Crippen LogP contribution is 2.40. The highest BCUT2D eigenvalue weighted by atomic mass is 35.5. The molecule has 0 radical (unpaired) electrons. The van der Waals surface area contributed by atoms with Crippen molar-refractivity contribution < 1.29 is 4.79 Å². The number of allylic oxidation sites excluding steroid dienone is 1. The van der Waals surface area contributed by atoms with E-state index >= 15 is 0 Å². The number of hydrogen-bond acceptors (Lipinski definition) is 4. The third-order valence-corrected chi connectivity index (χ3v) is 6.22. The summed E-state index contributed by atoms with van der Waals surface area (Å²) in [5.41, 5.74) is 3.20. The molecule has 1 aliphatic heterocycles. The molecular formula is C25H25ClN4O3. The maximum atomic E-state index is 13.5. The van der Waals surface area contributed by atoms with Crippen LogP contribution in [0.25, 0.3) is 0 Å². The van der Waals surface area contributed by atoms with Gasteiger partial charge in [-0.05, 0) is 37.1 Å². The summed E-state index contributed by atoms with van der Waals surface area (Å²) in [6.07, 6.45) is 0. The summed E-state index contributed by atoms with van der Waals surface area (Å²) in [7, 11) is 3.03. The Balaban J connectivity index is 1.84. The molecule has 0 spiro atoms. The average Bonchev–Trinajstić information content (AvgIpc) is 2.80. The predicted octanol–water partition coefficient (Wildman–Crippen LogP) is 3.19. The first-order valence-corrected chi connectivity index (χ1v) is 10.9. The Labute approximate surface area is 196 Å². The average molecular weight is 465 g/mol. The molecule has 0 fully saturated rings. The number of carbonyl (C=O) groups excluding carboxylic acids is 1. The van der Waals surface area contributed by atoms with Crippen molar-refractivity contribution in [2.24, 2.45) is 14.1 Å². The maximum Gasteiger partial charge on any atom is 0.332 e. The van der Waals surface area contributed by atoms with E-state index in [1.807, 2.05) is 37.3 Å². The van der Waals surface area contributed by atoms with Crippen LogP contribution in [0.15, 0.2) is 69.4 Å². The molecule has 7 nitrogen and oxygen atoms in total. The van der Waals surface area contributed by atoms with E-state index in [9.17, 15) is 14.4 Å². The molecule has 33 heavy (non-hydrogen) atoms. The fourth-order valence-corrected chi connectivity index (χ4v) is 4.39. The number of halogens is 1. The van der Waals surface area contributed by atoms with E-state index in [0.717, 1.165) is 15.7 Å². The van der Waals surface area contributed by atoms with Crippen LogP contribution in [0, 0.1) is 6.92 Å². The maximum absolute atomic E-state index is 13.5. The van der Waals surface area contributed by atoms with Gasteiger partial charge in [-0.2, -0.15) is 0 Å². The minimum absolute atomic E-state index is 0.299. The molecule has 1 aromatic heterocycles. The molecule has 2 heterocycles. The van der Waals surface area contributed by atoms with Crippen LogP contribution in [0.2, 0.25) is 5.02 Å². The number of nitrogens with zero attached hydrogens (tertiary/aromatic N) is 2. The number of fused-ring (bicyclic) bond motifs is 1. The molecule has 170 valence electrons. The Hall–Kier alpha value is -3.58. The quantitative estimate of drug-likeness (QED) is 0.621. The fourth-order valence-electron chi connectivity index (χ4n) is 4.19. The number of aromatic nitrogens is 2. The van der Waals surface area contributed by atoms with Crippen molar-refractivity contribution in [2.75, 3.05) is 5.32 Å². The molecule has 1 aliphatic rings. The third kappa shape index (κ3) is 4.12. The predicted molar refractivity (Wildman–Crippen MR) is 130 cm³/mol. The number of carbonyl (C=O) groups is 1. The number of hydrogen-bond donors (Lipinski definition) is 2. The van der Waals surface area contributed by atoms with Crippen molar-refractivity contribution in [3.05, 3.63) is 108 Å². The van der Waals surface area contributed by atoms with Gasteiger partial charge < -0.3 is 10.6 Å². The number of aryl methyl sites for hydroxylation is 1. The molecule has 0 saturated heterocycles. The molecule has 4 rings (SSSR count). The lowest BCUT2D eigenvalue weighted by Gasteiger charge is -2.31. The van der Waals surface area contributed by atoms with E-state index in [-0.39, 0.29) is 5.91 Å². The van der Waals surface area contributed by atoms with Crippen LogP contribution in [0.4, 0.5) is 5.82 Å². The van der Waals surface area contributed by atoms with Crippen molar-refractivity contribution in [1.82, 2.24) is 14.5 Å². The monoisotopic (exact) mass is 464 g/mol. The van der Waals surface area contributed by atoms with Gasteiger partial charge in [0.05, 0.1) is 11.5 Å². The normalized spacial score (nSPS) is 15.1. The van der Waals surface area contributed by atoms with Crippen molar-refractivity contribution in [1.29, 1.82) is 0 Å². The second kappa shape index (κ2) is 8.75. The van der Waals surface area contributed by atoms with Gasteiger partial charge >= 0.3 is 5.69 Å². The Morgan fingerprint density at radius 3 is 2.42 bits per heavy atom.